The summed E-state index contributed by atoms with van der Waals surface area (Å²) in [6, 6.07) is 7.12. The summed E-state index contributed by atoms with van der Waals surface area (Å²) in [5, 5.41) is 2.95. The molecule has 4 heteroatoms. The van der Waals surface area contributed by atoms with Crippen LogP contribution in [0.4, 0.5) is 0 Å². The number of rotatable bonds is 7. The van der Waals surface area contributed by atoms with Crippen molar-refractivity contribution in [2.45, 2.75) is 33.1 Å². The molecule has 1 atom stereocenters. The SMILES string of the molecule is CCC(C)C(=O)c1ccccc1C(=O)NCCN1CCCC1.[HH]. The van der Waals surface area contributed by atoms with Crippen LogP contribution in [-0.2, 0) is 0 Å². The van der Waals surface area contributed by atoms with Crippen molar-refractivity contribution in [2.24, 2.45) is 5.92 Å². The molecule has 0 aromatic heterocycles. The average molecular weight is 304 g/mol. The number of likely N-dealkylation sites (tertiary alicyclic amines) is 1. The van der Waals surface area contributed by atoms with Crippen LogP contribution in [0.3, 0.4) is 0 Å². The fourth-order valence-corrected chi connectivity index (χ4v) is 2.78. The third kappa shape index (κ3) is 4.17. The Balaban J connectivity index is 0.00000264. The first-order valence-electron chi connectivity index (χ1n) is 8.27. The second-order valence-electron chi connectivity index (χ2n) is 6.02. The molecule has 2 rings (SSSR count). The van der Waals surface area contributed by atoms with Crippen molar-refractivity contribution in [2.75, 3.05) is 26.2 Å². The molecular formula is C18H28N2O2. The minimum atomic E-state index is -0.147. The lowest BCUT2D eigenvalue weighted by molar-refractivity contribution is 0.0902. The maximum absolute atomic E-state index is 12.4. The van der Waals surface area contributed by atoms with Crippen LogP contribution in [0.2, 0.25) is 0 Å². The molecule has 1 unspecified atom stereocenters. The topological polar surface area (TPSA) is 49.4 Å². The van der Waals surface area contributed by atoms with E-state index in [1.165, 1.54) is 12.8 Å². The molecule has 22 heavy (non-hydrogen) atoms. The molecule has 1 amide bonds. The maximum Gasteiger partial charge on any atom is 0.252 e. The molecule has 122 valence electrons. The van der Waals surface area contributed by atoms with E-state index in [0.717, 1.165) is 26.1 Å². The van der Waals surface area contributed by atoms with Crippen LogP contribution in [-0.4, -0.2) is 42.8 Å². The molecule has 0 saturated carbocycles. The zero-order valence-corrected chi connectivity index (χ0v) is 13.6. The van der Waals surface area contributed by atoms with Gasteiger partial charge in [0.1, 0.15) is 0 Å². The molecule has 1 N–H and O–H groups in total. The van der Waals surface area contributed by atoms with E-state index < -0.39 is 0 Å². The molecule has 4 nitrogen and oxygen atoms in total. The van der Waals surface area contributed by atoms with E-state index in [4.69, 9.17) is 0 Å². The molecule has 0 bridgehead atoms. The predicted molar refractivity (Wildman–Crippen MR) is 90.3 cm³/mol. The third-order valence-electron chi connectivity index (χ3n) is 4.41. The van der Waals surface area contributed by atoms with Crippen molar-refractivity contribution >= 4 is 11.7 Å². The maximum atomic E-state index is 12.4. The number of hydrogen-bond acceptors (Lipinski definition) is 3. The molecule has 1 heterocycles. The summed E-state index contributed by atoms with van der Waals surface area (Å²) in [5.41, 5.74) is 1.03. The third-order valence-corrected chi connectivity index (χ3v) is 4.41. The smallest absolute Gasteiger partial charge is 0.252 e. The number of hydrogen-bond donors (Lipinski definition) is 1. The summed E-state index contributed by atoms with van der Waals surface area (Å²) < 4.78 is 0. The molecular weight excluding hydrogens is 276 g/mol. The summed E-state index contributed by atoms with van der Waals surface area (Å²) >= 11 is 0. The van der Waals surface area contributed by atoms with Crippen molar-refractivity contribution in [3.63, 3.8) is 0 Å². The molecule has 1 aromatic carbocycles. The van der Waals surface area contributed by atoms with Crippen molar-refractivity contribution in [1.29, 1.82) is 0 Å². The highest BCUT2D eigenvalue weighted by molar-refractivity contribution is 6.08. The Kier molecular flexibility index (Phi) is 6.13. The van der Waals surface area contributed by atoms with Crippen LogP contribution < -0.4 is 5.32 Å². The Labute approximate surface area is 134 Å². The van der Waals surface area contributed by atoms with E-state index in [1.54, 1.807) is 12.1 Å². The second-order valence-corrected chi connectivity index (χ2v) is 6.02. The first-order chi connectivity index (χ1) is 10.6. The van der Waals surface area contributed by atoms with Crippen molar-refractivity contribution in [3.8, 4) is 0 Å². The first kappa shape index (κ1) is 16.7. The number of benzene rings is 1. The van der Waals surface area contributed by atoms with Crippen LogP contribution >= 0.6 is 0 Å². The highest BCUT2D eigenvalue weighted by Gasteiger charge is 2.20. The quantitative estimate of drug-likeness (QED) is 0.788. The molecule has 1 aliphatic rings. The number of carbonyl (C=O) groups is 2. The Morgan fingerprint density at radius 2 is 1.86 bits per heavy atom. The van der Waals surface area contributed by atoms with E-state index in [0.29, 0.717) is 17.7 Å². The first-order valence-corrected chi connectivity index (χ1v) is 8.27. The van der Waals surface area contributed by atoms with Crippen LogP contribution in [0.5, 0.6) is 0 Å². The van der Waals surface area contributed by atoms with Gasteiger partial charge in [0.25, 0.3) is 5.91 Å². The number of carbonyl (C=O) groups excluding carboxylic acids is 2. The summed E-state index contributed by atoms with van der Waals surface area (Å²) in [4.78, 5) is 27.1. The van der Waals surface area contributed by atoms with Gasteiger partial charge in [-0.05, 0) is 38.4 Å². The second kappa shape index (κ2) is 8.08. The predicted octanol–water partition coefficient (Wildman–Crippen LogP) is 2.99. The van der Waals surface area contributed by atoms with Gasteiger partial charge in [-0.15, -0.1) is 0 Å². The van der Waals surface area contributed by atoms with Gasteiger partial charge in [0.15, 0.2) is 5.78 Å². The minimum Gasteiger partial charge on any atom is -0.351 e. The molecule has 0 radical (unpaired) electrons. The van der Waals surface area contributed by atoms with Gasteiger partial charge in [-0.3, -0.25) is 9.59 Å². The number of Topliss-reactive ketones (excluding diaryl/α,β-unsaturated/α-hetero) is 1. The highest BCUT2D eigenvalue weighted by Crippen LogP contribution is 2.16. The highest BCUT2D eigenvalue weighted by atomic mass is 16.2. The summed E-state index contributed by atoms with van der Waals surface area (Å²) in [6.07, 6.45) is 3.28. The Morgan fingerprint density at radius 3 is 2.50 bits per heavy atom. The molecule has 1 aromatic rings. The van der Waals surface area contributed by atoms with Crippen LogP contribution in [0.15, 0.2) is 24.3 Å². The Bertz CT molecular complexity index is 528. The fraction of sp³-hybridized carbons (Fsp3) is 0.556. The van der Waals surface area contributed by atoms with Crippen LogP contribution in [0.1, 0.15) is 55.3 Å². The number of amides is 1. The van der Waals surface area contributed by atoms with Gasteiger partial charge in [0, 0.05) is 26.0 Å². The molecule has 0 aliphatic carbocycles. The van der Waals surface area contributed by atoms with Gasteiger partial charge in [-0.25, -0.2) is 0 Å². The summed E-state index contributed by atoms with van der Waals surface area (Å²) in [5.74, 6) is -0.155. The largest absolute Gasteiger partial charge is 0.351 e. The lowest BCUT2D eigenvalue weighted by atomic mass is 9.93. The Hall–Kier alpha value is -1.68. The summed E-state index contributed by atoms with van der Waals surface area (Å²) in [7, 11) is 0. The Morgan fingerprint density at radius 1 is 1.23 bits per heavy atom. The molecule has 1 fully saturated rings. The monoisotopic (exact) mass is 304 g/mol. The number of nitrogens with zero attached hydrogens (tertiary/aromatic N) is 1. The average Bonchev–Trinajstić information content (AvgIpc) is 3.06. The van der Waals surface area contributed by atoms with Gasteiger partial charge in [-0.1, -0.05) is 32.0 Å². The minimum absolute atomic E-state index is 0. The lowest BCUT2D eigenvalue weighted by Gasteiger charge is -2.16. The van der Waals surface area contributed by atoms with E-state index in [1.807, 2.05) is 26.0 Å². The molecule has 1 aliphatic heterocycles. The zero-order valence-electron chi connectivity index (χ0n) is 13.6. The molecule has 1 saturated heterocycles. The van der Waals surface area contributed by atoms with E-state index in [-0.39, 0.29) is 19.0 Å². The molecule has 0 spiro atoms. The normalized spacial score (nSPS) is 16.5. The van der Waals surface area contributed by atoms with Crippen molar-refractivity contribution in [3.05, 3.63) is 35.4 Å². The van der Waals surface area contributed by atoms with Gasteiger partial charge in [-0.2, -0.15) is 0 Å². The fourth-order valence-electron chi connectivity index (χ4n) is 2.78. The van der Waals surface area contributed by atoms with Crippen LogP contribution in [0, 0.1) is 5.92 Å². The van der Waals surface area contributed by atoms with E-state index in [2.05, 4.69) is 10.2 Å². The van der Waals surface area contributed by atoms with Crippen molar-refractivity contribution < 1.29 is 11.0 Å². The van der Waals surface area contributed by atoms with E-state index >= 15 is 0 Å². The lowest BCUT2D eigenvalue weighted by Crippen LogP contribution is -2.34. The number of nitrogens with one attached hydrogen (secondary N) is 1. The van der Waals surface area contributed by atoms with E-state index in [9.17, 15) is 9.59 Å². The standard InChI is InChI=1S/C18H26N2O2.H2/c1-3-14(2)17(21)15-8-4-5-9-16(15)18(22)19-10-13-20-11-6-7-12-20;/h4-5,8-9,14H,3,6-7,10-13H2,1-2H3,(H,19,22);1H. The van der Waals surface area contributed by atoms with Gasteiger partial charge in [0.05, 0.1) is 5.56 Å². The van der Waals surface area contributed by atoms with Gasteiger partial charge >= 0.3 is 0 Å². The zero-order chi connectivity index (χ0) is 15.9. The number of ketones is 1. The van der Waals surface area contributed by atoms with Crippen LogP contribution in [0.25, 0.3) is 0 Å². The van der Waals surface area contributed by atoms with Crippen molar-refractivity contribution in [1.82, 2.24) is 10.2 Å². The van der Waals surface area contributed by atoms with Gasteiger partial charge in [0.2, 0.25) is 0 Å². The summed E-state index contributed by atoms with van der Waals surface area (Å²) in [6.45, 7) is 7.65. The van der Waals surface area contributed by atoms with Gasteiger partial charge < -0.3 is 10.2 Å².